The highest BCUT2D eigenvalue weighted by molar-refractivity contribution is 6.03. The Morgan fingerprint density at radius 2 is 1.82 bits per heavy atom. The zero-order valence-corrected chi connectivity index (χ0v) is 21.2. The molecule has 2 aliphatic heterocycles. The fraction of sp³-hybridized carbons (Fsp3) is 0.483. The molecule has 1 aromatic heterocycles. The maximum atomic E-state index is 5.75. The van der Waals surface area contributed by atoms with Crippen molar-refractivity contribution in [1.29, 1.82) is 0 Å². The van der Waals surface area contributed by atoms with Crippen molar-refractivity contribution in [2.75, 3.05) is 24.6 Å². The number of anilines is 1. The van der Waals surface area contributed by atoms with E-state index < -0.39 is 0 Å². The minimum Gasteiger partial charge on any atom is -0.494 e. The van der Waals surface area contributed by atoms with E-state index in [0.29, 0.717) is 6.61 Å². The van der Waals surface area contributed by atoms with E-state index in [1.165, 1.54) is 44.9 Å². The van der Waals surface area contributed by atoms with Gasteiger partial charge in [-0.25, -0.2) is 9.97 Å². The van der Waals surface area contributed by atoms with E-state index in [1.807, 2.05) is 6.92 Å². The van der Waals surface area contributed by atoms with Gasteiger partial charge in [0.2, 0.25) is 0 Å². The van der Waals surface area contributed by atoms with Crippen molar-refractivity contribution >= 4 is 23.2 Å². The number of aryl methyl sites for hydroxylation is 1. The first kappa shape index (κ1) is 22.8. The number of fused-ring (bicyclic) bond motifs is 1. The van der Waals surface area contributed by atoms with E-state index in [2.05, 4.69) is 61.9 Å². The van der Waals surface area contributed by atoms with Crippen LogP contribution in [0.4, 0.5) is 5.82 Å². The summed E-state index contributed by atoms with van der Waals surface area (Å²) in [5, 5.41) is 0. The Hall–Kier alpha value is -2.95. The van der Waals surface area contributed by atoms with Crippen LogP contribution in [-0.4, -0.2) is 35.4 Å². The van der Waals surface area contributed by atoms with Crippen LogP contribution in [0.15, 0.2) is 40.8 Å². The molecule has 0 bridgehead atoms. The topological polar surface area (TPSA) is 50.6 Å². The molecule has 178 valence electrons. The summed E-state index contributed by atoms with van der Waals surface area (Å²) in [4.78, 5) is 16.9. The summed E-state index contributed by atoms with van der Waals surface area (Å²) in [7, 11) is 0. The minimum atomic E-state index is 0.168. The molecule has 3 aliphatic rings. The Balaban J connectivity index is 1.32. The van der Waals surface area contributed by atoms with Crippen LogP contribution in [0.5, 0.6) is 5.75 Å². The molecular weight excluding hydrogens is 420 g/mol. The lowest BCUT2D eigenvalue weighted by molar-refractivity contribution is 0.308. The number of benzene rings is 1. The summed E-state index contributed by atoms with van der Waals surface area (Å²) >= 11 is 0. The molecule has 0 unspecified atom stereocenters. The molecule has 5 nitrogen and oxygen atoms in total. The molecule has 0 amide bonds. The number of aliphatic imine (C=N–C) groups is 1. The van der Waals surface area contributed by atoms with Gasteiger partial charge in [-0.3, -0.25) is 4.99 Å². The number of rotatable bonds is 6. The average molecular weight is 457 g/mol. The zero-order chi connectivity index (χ0) is 23.9. The SMILES string of the molecule is CCOc1ccc(C2=C(C)N=C(C3(CC)CCN(c4ncnc5c4C=C(C)C5)CC3)C2)cc1C. The maximum absolute atomic E-state index is 5.75. The molecular formula is C29H36N4O. The lowest BCUT2D eigenvalue weighted by Crippen LogP contribution is -2.44. The second-order valence-electron chi connectivity index (χ2n) is 10.1. The van der Waals surface area contributed by atoms with Crippen molar-refractivity contribution in [2.24, 2.45) is 10.4 Å². The van der Waals surface area contributed by atoms with Gasteiger partial charge in [-0.2, -0.15) is 0 Å². The smallest absolute Gasteiger partial charge is 0.139 e. The third kappa shape index (κ3) is 3.95. The molecule has 5 heteroatoms. The lowest BCUT2D eigenvalue weighted by atomic mass is 9.71. The molecule has 0 N–H and O–H groups in total. The van der Waals surface area contributed by atoms with Gasteiger partial charge >= 0.3 is 0 Å². The molecule has 0 radical (unpaired) electrons. The van der Waals surface area contributed by atoms with Crippen molar-refractivity contribution in [1.82, 2.24) is 9.97 Å². The highest BCUT2D eigenvalue weighted by Crippen LogP contribution is 2.45. The van der Waals surface area contributed by atoms with Gasteiger partial charge in [-0.1, -0.05) is 24.6 Å². The lowest BCUT2D eigenvalue weighted by Gasteiger charge is -2.42. The first-order valence-corrected chi connectivity index (χ1v) is 12.7. The van der Waals surface area contributed by atoms with Gasteiger partial charge in [0.05, 0.1) is 12.3 Å². The fourth-order valence-electron chi connectivity index (χ4n) is 5.89. The quantitative estimate of drug-likeness (QED) is 0.504. The van der Waals surface area contributed by atoms with Crippen LogP contribution in [0.25, 0.3) is 11.6 Å². The molecule has 5 rings (SSSR count). The highest BCUT2D eigenvalue weighted by Gasteiger charge is 2.40. The predicted molar refractivity (Wildman–Crippen MR) is 141 cm³/mol. The Kier molecular flexibility index (Phi) is 6.05. The standard InChI is InChI=1S/C29H36N4O/c1-6-29(10-12-33(13-11-29)28-24-14-19(3)15-25(24)30-18-31-28)27-17-23(21(5)32-27)22-8-9-26(34-7-2)20(4)16-22/h8-9,14,16,18H,6-7,10-13,15,17H2,1-5H3. The zero-order valence-electron chi connectivity index (χ0n) is 21.2. The van der Waals surface area contributed by atoms with Gasteiger partial charge in [0.25, 0.3) is 0 Å². The second kappa shape index (κ2) is 9.01. The summed E-state index contributed by atoms with van der Waals surface area (Å²) in [6, 6.07) is 6.56. The number of allylic oxidation sites excluding steroid dienone is 3. The summed E-state index contributed by atoms with van der Waals surface area (Å²) in [6.07, 6.45) is 9.28. The normalized spacial score (nSPS) is 19.3. The minimum absolute atomic E-state index is 0.168. The number of nitrogens with zero attached hydrogens (tertiary/aromatic N) is 4. The van der Waals surface area contributed by atoms with Crippen LogP contribution in [-0.2, 0) is 6.42 Å². The molecule has 0 spiro atoms. The van der Waals surface area contributed by atoms with Crippen LogP contribution >= 0.6 is 0 Å². The van der Waals surface area contributed by atoms with Crippen molar-refractivity contribution < 1.29 is 4.74 Å². The maximum Gasteiger partial charge on any atom is 0.139 e. The van der Waals surface area contributed by atoms with Crippen LogP contribution in [0.1, 0.15) is 75.8 Å². The largest absolute Gasteiger partial charge is 0.494 e. The second-order valence-corrected chi connectivity index (χ2v) is 10.1. The van der Waals surface area contributed by atoms with Gasteiger partial charge in [0.15, 0.2) is 0 Å². The molecule has 1 saturated heterocycles. The third-order valence-electron chi connectivity index (χ3n) is 8.00. The van der Waals surface area contributed by atoms with Crippen molar-refractivity contribution in [2.45, 2.75) is 66.7 Å². The Morgan fingerprint density at radius 3 is 2.53 bits per heavy atom. The van der Waals surface area contributed by atoms with Crippen LogP contribution in [0.3, 0.4) is 0 Å². The number of aromatic nitrogens is 2. The third-order valence-corrected chi connectivity index (χ3v) is 8.00. The van der Waals surface area contributed by atoms with Crippen molar-refractivity contribution in [3.05, 3.63) is 58.2 Å². The molecule has 0 atom stereocenters. The van der Waals surface area contributed by atoms with E-state index in [0.717, 1.165) is 56.8 Å². The van der Waals surface area contributed by atoms with Gasteiger partial charge in [-0.15, -0.1) is 0 Å². The Morgan fingerprint density at radius 1 is 1.03 bits per heavy atom. The van der Waals surface area contributed by atoms with Crippen LogP contribution in [0.2, 0.25) is 0 Å². The van der Waals surface area contributed by atoms with Crippen LogP contribution < -0.4 is 9.64 Å². The summed E-state index contributed by atoms with van der Waals surface area (Å²) in [5.74, 6) is 2.09. The number of piperidine rings is 1. The number of ether oxygens (including phenoxy) is 1. The number of hydrogen-bond donors (Lipinski definition) is 0. The average Bonchev–Trinajstić information content (AvgIpc) is 3.42. The van der Waals surface area contributed by atoms with E-state index in [9.17, 15) is 0 Å². The highest BCUT2D eigenvalue weighted by atomic mass is 16.5. The van der Waals surface area contributed by atoms with Gasteiger partial charge in [-0.05, 0) is 75.8 Å². The molecule has 3 heterocycles. The Labute approximate surface area is 203 Å². The van der Waals surface area contributed by atoms with E-state index >= 15 is 0 Å². The monoisotopic (exact) mass is 456 g/mol. The van der Waals surface area contributed by atoms with Gasteiger partial charge in [0.1, 0.15) is 17.9 Å². The molecule has 1 aromatic carbocycles. The summed E-state index contributed by atoms with van der Waals surface area (Å²) < 4.78 is 5.75. The van der Waals surface area contributed by atoms with E-state index in [4.69, 9.17) is 14.7 Å². The molecule has 1 aliphatic carbocycles. The molecule has 1 fully saturated rings. The molecule has 34 heavy (non-hydrogen) atoms. The van der Waals surface area contributed by atoms with Gasteiger partial charge < -0.3 is 9.64 Å². The number of hydrogen-bond acceptors (Lipinski definition) is 5. The molecule has 2 aromatic rings. The first-order chi connectivity index (χ1) is 16.4. The van der Waals surface area contributed by atoms with E-state index in [-0.39, 0.29) is 5.41 Å². The van der Waals surface area contributed by atoms with Gasteiger partial charge in [0, 0.05) is 48.3 Å². The first-order valence-electron chi connectivity index (χ1n) is 12.7. The van der Waals surface area contributed by atoms with E-state index in [1.54, 1.807) is 6.33 Å². The summed E-state index contributed by atoms with van der Waals surface area (Å²) in [5.41, 5.74) is 10.3. The summed E-state index contributed by atoms with van der Waals surface area (Å²) in [6.45, 7) is 13.6. The van der Waals surface area contributed by atoms with Crippen molar-refractivity contribution in [3.63, 3.8) is 0 Å². The fourth-order valence-corrected chi connectivity index (χ4v) is 5.89. The molecule has 0 saturated carbocycles. The predicted octanol–water partition coefficient (Wildman–Crippen LogP) is 6.42. The van der Waals surface area contributed by atoms with Crippen molar-refractivity contribution in [3.8, 4) is 5.75 Å². The Bertz CT molecular complexity index is 1200. The van der Waals surface area contributed by atoms with Crippen LogP contribution in [0, 0.1) is 12.3 Å².